The van der Waals surface area contributed by atoms with Crippen LogP contribution in [0.15, 0.2) is 29.3 Å². The van der Waals surface area contributed by atoms with Gasteiger partial charge in [-0.3, -0.25) is 0 Å². The Kier molecular flexibility index (Phi) is 7.24. The van der Waals surface area contributed by atoms with E-state index in [0.717, 1.165) is 15.8 Å². The third-order valence-corrected chi connectivity index (χ3v) is 1.64. The molecule has 0 aliphatic rings. The first-order chi connectivity index (χ1) is 5.36. The summed E-state index contributed by atoms with van der Waals surface area (Å²) in [5, 5.41) is 0.958. The molecule has 0 aliphatic carbocycles. The van der Waals surface area contributed by atoms with Crippen molar-refractivity contribution in [3.63, 3.8) is 0 Å². The normalized spacial score (nSPS) is 8.69. The molecule has 0 saturated carbocycles. The zero-order valence-corrected chi connectivity index (χ0v) is 13.4. The van der Waals surface area contributed by atoms with Gasteiger partial charge in [0.05, 0.1) is 0 Å². The van der Waals surface area contributed by atoms with Crippen LogP contribution < -0.4 is 0 Å². The number of rotatable bonds is 0. The molecule has 2 radical (unpaired) electrons. The SMILES string of the molecule is Sc1[c-]c2ccc[c-]c2nc1.[Y].[Y]. The monoisotopic (exact) mass is 337 g/mol. The summed E-state index contributed by atoms with van der Waals surface area (Å²) < 4.78 is 0. The summed E-state index contributed by atoms with van der Waals surface area (Å²) in [5.74, 6) is 0. The molecule has 4 heteroatoms. The second kappa shape index (κ2) is 6.63. The Balaban J connectivity index is 0.000000720. The summed E-state index contributed by atoms with van der Waals surface area (Å²) >= 11 is 4.13. The van der Waals surface area contributed by atoms with E-state index in [1.807, 2.05) is 18.2 Å². The minimum atomic E-state index is 0. The second-order valence-corrected chi connectivity index (χ2v) is 2.68. The quantitative estimate of drug-likeness (QED) is 0.574. The van der Waals surface area contributed by atoms with Crippen molar-refractivity contribution < 1.29 is 65.4 Å². The molecule has 1 aromatic carbocycles. The zero-order valence-electron chi connectivity index (χ0n) is 6.86. The summed E-state index contributed by atoms with van der Waals surface area (Å²) in [6, 6.07) is 11.7. The van der Waals surface area contributed by atoms with Crippen LogP contribution in [0.3, 0.4) is 0 Å². The number of thiol groups is 1. The first kappa shape index (κ1) is 14.2. The molecular weight excluding hydrogens is 332 g/mol. The number of hydrogen-bond donors (Lipinski definition) is 1. The second-order valence-electron chi connectivity index (χ2n) is 2.20. The fraction of sp³-hybridized carbons (Fsp3) is 0. The fourth-order valence-corrected chi connectivity index (χ4v) is 1.11. The number of benzene rings is 1. The molecule has 1 nitrogen and oxygen atoms in total. The van der Waals surface area contributed by atoms with Gasteiger partial charge in [-0.15, -0.1) is 5.52 Å². The van der Waals surface area contributed by atoms with Crippen molar-refractivity contribution in [3.05, 3.63) is 36.5 Å². The summed E-state index contributed by atoms with van der Waals surface area (Å²) in [7, 11) is 0. The van der Waals surface area contributed by atoms with Crippen LogP contribution in [-0.2, 0) is 65.4 Å². The Morgan fingerprint density at radius 3 is 2.85 bits per heavy atom. The molecule has 1 heterocycles. The van der Waals surface area contributed by atoms with E-state index in [0.29, 0.717) is 0 Å². The van der Waals surface area contributed by atoms with Gasteiger partial charge in [-0.2, -0.15) is 24.8 Å². The minimum Gasteiger partial charge on any atom is -0.377 e. The Bertz CT molecular complexity index is 392. The molecule has 0 aliphatic heterocycles. The Morgan fingerprint density at radius 1 is 1.31 bits per heavy atom. The van der Waals surface area contributed by atoms with E-state index >= 15 is 0 Å². The maximum absolute atomic E-state index is 4.13. The molecule has 1 aromatic heterocycles. The van der Waals surface area contributed by atoms with Crippen LogP contribution in [0.1, 0.15) is 0 Å². The van der Waals surface area contributed by atoms with Crippen molar-refractivity contribution in [2.75, 3.05) is 0 Å². The summed E-state index contributed by atoms with van der Waals surface area (Å²) in [5.41, 5.74) is 0.838. The molecule has 0 saturated heterocycles. The summed E-state index contributed by atoms with van der Waals surface area (Å²) in [4.78, 5) is 4.88. The van der Waals surface area contributed by atoms with Gasteiger partial charge in [0.25, 0.3) is 0 Å². The standard InChI is InChI=1S/C9H5NS.2Y/c11-8-5-7-3-1-2-4-9(7)10-6-8;;/h1-3,6,11H;;/q-2;;. The first-order valence-corrected chi connectivity index (χ1v) is 3.69. The van der Waals surface area contributed by atoms with E-state index in [4.69, 9.17) is 0 Å². The Labute approximate surface area is 133 Å². The van der Waals surface area contributed by atoms with Crippen LogP contribution in [0.5, 0.6) is 0 Å². The van der Waals surface area contributed by atoms with Crippen molar-refractivity contribution in [3.8, 4) is 0 Å². The van der Waals surface area contributed by atoms with Crippen molar-refractivity contribution in [1.82, 2.24) is 4.98 Å². The van der Waals surface area contributed by atoms with Gasteiger partial charge >= 0.3 is 0 Å². The smallest absolute Gasteiger partial charge is 0 e. The molecule has 2 aromatic rings. The number of fused-ring (bicyclic) bond motifs is 1. The maximum atomic E-state index is 4.13. The van der Waals surface area contributed by atoms with E-state index in [1.165, 1.54) is 0 Å². The van der Waals surface area contributed by atoms with E-state index in [9.17, 15) is 0 Å². The number of hydrogen-bond acceptors (Lipinski definition) is 2. The maximum Gasteiger partial charge on any atom is 0 e. The van der Waals surface area contributed by atoms with Crippen LogP contribution >= 0.6 is 12.6 Å². The summed E-state index contributed by atoms with van der Waals surface area (Å²) in [6.07, 6.45) is 1.67. The Morgan fingerprint density at radius 2 is 2.08 bits per heavy atom. The molecule has 60 valence electrons. The van der Waals surface area contributed by atoms with E-state index < -0.39 is 0 Å². The van der Waals surface area contributed by atoms with Crippen LogP contribution in [0.4, 0.5) is 0 Å². The van der Waals surface area contributed by atoms with E-state index in [1.54, 1.807) is 6.20 Å². The number of pyridine rings is 1. The number of aromatic nitrogens is 1. The first-order valence-electron chi connectivity index (χ1n) is 3.24. The largest absolute Gasteiger partial charge is 0.377 e. The number of nitrogens with zero attached hydrogens (tertiary/aromatic N) is 1. The van der Waals surface area contributed by atoms with Gasteiger partial charge in [0.15, 0.2) is 0 Å². The van der Waals surface area contributed by atoms with Crippen LogP contribution in [0.2, 0.25) is 0 Å². The van der Waals surface area contributed by atoms with Crippen LogP contribution in [0, 0.1) is 12.1 Å². The van der Waals surface area contributed by atoms with Gasteiger partial charge in [0, 0.05) is 65.4 Å². The van der Waals surface area contributed by atoms with Gasteiger partial charge in [0.2, 0.25) is 0 Å². The predicted molar refractivity (Wildman–Crippen MR) is 46.7 cm³/mol. The third kappa shape index (κ3) is 3.68. The van der Waals surface area contributed by atoms with Gasteiger partial charge in [-0.1, -0.05) is 4.90 Å². The number of para-hydroxylation sites is 1. The molecule has 0 fully saturated rings. The molecule has 0 N–H and O–H groups in total. The van der Waals surface area contributed by atoms with Crippen LogP contribution in [0.25, 0.3) is 10.9 Å². The van der Waals surface area contributed by atoms with Crippen molar-refractivity contribution in [1.29, 1.82) is 0 Å². The van der Waals surface area contributed by atoms with E-state index in [-0.39, 0.29) is 65.4 Å². The minimum absolute atomic E-state index is 0. The molecule has 2 rings (SSSR count). The van der Waals surface area contributed by atoms with Crippen molar-refractivity contribution in [2.24, 2.45) is 0 Å². The molecule has 0 atom stereocenters. The molecule has 0 spiro atoms. The molecular formula is C9H5NSY2-2. The van der Waals surface area contributed by atoms with Crippen molar-refractivity contribution in [2.45, 2.75) is 4.90 Å². The molecule has 0 unspecified atom stereocenters. The Hall–Kier alpha value is 1.19. The average molecular weight is 337 g/mol. The van der Waals surface area contributed by atoms with Gasteiger partial charge in [-0.25, -0.2) is 23.6 Å². The zero-order chi connectivity index (χ0) is 7.68. The van der Waals surface area contributed by atoms with Gasteiger partial charge < -0.3 is 4.98 Å². The molecule has 13 heavy (non-hydrogen) atoms. The topological polar surface area (TPSA) is 12.9 Å². The molecule has 0 amide bonds. The van der Waals surface area contributed by atoms with E-state index in [2.05, 4.69) is 29.7 Å². The van der Waals surface area contributed by atoms with Gasteiger partial charge in [-0.05, 0) is 6.20 Å². The summed E-state index contributed by atoms with van der Waals surface area (Å²) in [6.45, 7) is 0. The third-order valence-electron chi connectivity index (χ3n) is 1.41. The predicted octanol–water partition coefficient (Wildman–Crippen LogP) is 2.12. The molecule has 0 bridgehead atoms. The average Bonchev–Trinajstić information content (AvgIpc) is 2.04. The van der Waals surface area contributed by atoms with Crippen molar-refractivity contribution >= 4 is 23.5 Å². The van der Waals surface area contributed by atoms with Gasteiger partial charge in [0.1, 0.15) is 0 Å². The van der Waals surface area contributed by atoms with Crippen LogP contribution in [-0.4, -0.2) is 4.98 Å². The fourth-order valence-electron chi connectivity index (χ4n) is 0.932.